The Morgan fingerprint density at radius 2 is 2.03 bits per heavy atom. The summed E-state index contributed by atoms with van der Waals surface area (Å²) in [6.45, 7) is 4.80. The minimum Gasteiger partial charge on any atom is -0.461 e. The molecule has 33 heavy (non-hydrogen) atoms. The summed E-state index contributed by atoms with van der Waals surface area (Å²) in [4.78, 5) is 19.9. The molecule has 1 atom stereocenters. The molecule has 0 saturated carbocycles. The normalized spacial score (nSPS) is 16.6. The Morgan fingerprint density at radius 3 is 2.85 bits per heavy atom. The van der Waals surface area contributed by atoms with Gasteiger partial charge in [-0.15, -0.1) is 5.10 Å². The third kappa shape index (κ3) is 3.54. The van der Waals surface area contributed by atoms with Gasteiger partial charge in [0, 0.05) is 36.6 Å². The highest BCUT2D eigenvalue weighted by molar-refractivity contribution is 6.04. The van der Waals surface area contributed by atoms with E-state index in [0.29, 0.717) is 29.4 Å². The Balaban J connectivity index is 0.000000169. The molecule has 3 N–H and O–H groups in total. The quantitative estimate of drug-likeness (QED) is 0.427. The maximum atomic E-state index is 6.05. The van der Waals surface area contributed by atoms with E-state index in [1.54, 1.807) is 18.4 Å². The van der Waals surface area contributed by atoms with E-state index in [0.717, 1.165) is 31.6 Å². The molecular formula is C23H23N9O. The van der Waals surface area contributed by atoms with E-state index in [1.807, 2.05) is 6.07 Å². The van der Waals surface area contributed by atoms with Gasteiger partial charge < -0.3 is 20.4 Å². The zero-order valence-electron chi connectivity index (χ0n) is 18.1. The number of nitrogens with two attached hydrogens (primary N) is 1. The third-order valence-corrected chi connectivity index (χ3v) is 5.95. The van der Waals surface area contributed by atoms with Crippen molar-refractivity contribution in [2.24, 2.45) is 0 Å². The van der Waals surface area contributed by atoms with Crippen LogP contribution in [0, 0.1) is 0 Å². The lowest BCUT2D eigenvalue weighted by atomic mass is 10.1. The fourth-order valence-electron chi connectivity index (χ4n) is 4.16. The largest absolute Gasteiger partial charge is 0.461 e. The second kappa shape index (κ2) is 7.82. The van der Waals surface area contributed by atoms with Gasteiger partial charge >= 0.3 is 0 Å². The number of fused-ring (bicyclic) bond motifs is 4. The average Bonchev–Trinajstić information content (AvgIpc) is 3.23. The van der Waals surface area contributed by atoms with E-state index in [4.69, 9.17) is 10.2 Å². The first-order valence-corrected chi connectivity index (χ1v) is 11.0. The highest BCUT2D eigenvalue weighted by Gasteiger charge is 2.25. The molecule has 1 aromatic carbocycles. The first kappa shape index (κ1) is 19.6. The predicted molar refractivity (Wildman–Crippen MR) is 126 cm³/mol. The molecule has 3 aliphatic rings. The van der Waals surface area contributed by atoms with Crippen molar-refractivity contribution in [2.45, 2.75) is 19.4 Å². The van der Waals surface area contributed by atoms with Gasteiger partial charge in [-0.2, -0.15) is 19.5 Å². The Bertz CT molecular complexity index is 1440. The Morgan fingerprint density at radius 1 is 1.12 bits per heavy atom. The van der Waals surface area contributed by atoms with E-state index in [9.17, 15) is 0 Å². The van der Waals surface area contributed by atoms with Crippen LogP contribution in [0.5, 0.6) is 0 Å². The summed E-state index contributed by atoms with van der Waals surface area (Å²) in [5.74, 6) is 2.31. The molecule has 1 fully saturated rings. The molecule has 1 aliphatic carbocycles. The summed E-state index contributed by atoms with van der Waals surface area (Å²) in [6, 6.07) is 14.3. The number of nitrogens with zero attached hydrogens (tertiary/aromatic N) is 7. The first-order chi connectivity index (χ1) is 16.2. The summed E-state index contributed by atoms with van der Waals surface area (Å²) < 4.78 is 6.76. The molecule has 1 saturated heterocycles. The van der Waals surface area contributed by atoms with Crippen LogP contribution in [0.25, 0.3) is 39.5 Å². The van der Waals surface area contributed by atoms with Gasteiger partial charge in [-0.25, -0.2) is 4.98 Å². The topological polar surface area (TPSA) is 123 Å². The van der Waals surface area contributed by atoms with Gasteiger partial charge in [0.2, 0.25) is 17.7 Å². The number of furan rings is 1. The molecule has 3 aromatic heterocycles. The van der Waals surface area contributed by atoms with Crippen LogP contribution >= 0.6 is 0 Å². The van der Waals surface area contributed by atoms with Crippen LogP contribution in [-0.4, -0.2) is 55.2 Å². The molecule has 5 heterocycles. The van der Waals surface area contributed by atoms with Crippen LogP contribution in [0.15, 0.2) is 53.1 Å². The number of anilines is 2. The molecular weight excluding hydrogens is 418 g/mol. The highest BCUT2D eigenvalue weighted by atomic mass is 16.3. The fraction of sp³-hybridized carbons (Fsp3) is 0.261. The zero-order chi connectivity index (χ0) is 22.4. The lowest BCUT2D eigenvalue weighted by molar-refractivity contribution is 0.459. The summed E-state index contributed by atoms with van der Waals surface area (Å²) in [7, 11) is 0. The van der Waals surface area contributed by atoms with Crippen molar-refractivity contribution in [1.29, 1.82) is 0 Å². The minimum atomic E-state index is 0.267. The van der Waals surface area contributed by atoms with Crippen molar-refractivity contribution in [1.82, 2.24) is 34.9 Å². The number of nitrogen functional groups attached to an aromatic ring is 1. The van der Waals surface area contributed by atoms with E-state index >= 15 is 0 Å². The second-order valence-corrected chi connectivity index (χ2v) is 8.04. The smallest absolute Gasteiger partial charge is 0.259 e. The van der Waals surface area contributed by atoms with Crippen molar-refractivity contribution in [3.05, 3.63) is 48.7 Å². The third-order valence-electron chi connectivity index (χ3n) is 5.95. The monoisotopic (exact) mass is 441 g/mol. The number of nitrogens with one attached hydrogen (secondary N) is 1. The van der Waals surface area contributed by atoms with Gasteiger partial charge in [0.1, 0.15) is 0 Å². The molecule has 0 spiro atoms. The number of hydrogen-bond acceptors (Lipinski definition) is 9. The van der Waals surface area contributed by atoms with Gasteiger partial charge in [0.05, 0.1) is 17.5 Å². The summed E-state index contributed by atoms with van der Waals surface area (Å²) in [5, 5.41) is 9.00. The van der Waals surface area contributed by atoms with Crippen molar-refractivity contribution in [3.8, 4) is 22.8 Å². The number of hydrogen-bond donors (Lipinski definition) is 2. The number of piperazine rings is 1. The molecule has 7 rings (SSSR count). The summed E-state index contributed by atoms with van der Waals surface area (Å²) >= 11 is 0. The minimum absolute atomic E-state index is 0.267. The fourth-order valence-corrected chi connectivity index (χ4v) is 4.16. The molecule has 0 bridgehead atoms. The Labute approximate surface area is 189 Å². The number of aromatic nitrogens is 6. The number of para-hydroxylation sites is 1. The number of benzene rings is 1. The van der Waals surface area contributed by atoms with Gasteiger partial charge in [-0.05, 0) is 30.7 Å². The summed E-state index contributed by atoms with van der Waals surface area (Å²) in [6.07, 6.45) is 2.58. The van der Waals surface area contributed by atoms with Gasteiger partial charge in [0.25, 0.3) is 5.78 Å². The molecule has 1 unspecified atom stereocenters. The summed E-state index contributed by atoms with van der Waals surface area (Å²) in [5.41, 5.74) is 9.71. The van der Waals surface area contributed by atoms with Crippen LogP contribution in [0.1, 0.15) is 13.3 Å². The highest BCUT2D eigenvalue weighted by Crippen LogP contribution is 2.39. The molecule has 0 amide bonds. The predicted octanol–water partition coefficient (Wildman–Crippen LogP) is 2.76. The maximum absolute atomic E-state index is 6.05. The maximum Gasteiger partial charge on any atom is 0.259 e. The van der Waals surface area contributed by atoms with Crippen molar-refractivity contribution in [3.63, 3.8) is 0 Å². The average molecular weight is 441 g/mol. The van der Waals surface area contributed by atoms with Crippen LogP contribution in [0.4, 0.5) is 11.9 Å². The van der Waals surface area contributed by atoms with E-state index in [-0.39, 0.29) is 5.95 Å². The second-order valence-electron chi connectivity index (χ2n) is 8.04. The van der Waals surface area contributed by atoms with E-state index in [2.05, 4.69) is 66.4 Å². The van der Waals surface area contributed by atoms with Crippen molar-refractivity contribution >= 4 is 28.6 Å². The Hall–Kier alpha value is -4.05. The van der Waals surface area contributed by atoms with Gasteiger partial charge in [-0.3, -0.25) is 0 Å². The lowest BCUT2D eigenvalue weighted by Gasteiger charge is -2.35. The van der Waals surface area contributed by atoms with Gasteiger partial charge in [-0.1, -0.05) is 25.1 Å². The van der Waals surface area contributed by atoms with Crippen LogP contribution in [0.2, 0.25) is 0 Å². The number of pyridine rings is 1. The molecule has 166 valence electrons. The zero-order valence-corrected chi connectivity index (χ0v) is 18.1. The first-order valence-electron chi connectivity index (χ1n) is 11.0. The van der Waals surface area contributed by atoms with E-state index in [1.165, 1.54) is 21.2 Å². The van der Waals surface area contributed by atoms with Gasteiger partial charge in [0.15, 0.2) is 5.76 Å². The van der Waals surface area contributed by atoms with Crippen molar-refractivity contribution in [2.75, 3.05) is 30.3 Å². The number of rotatable bonds is 3. The molecule has 10 heteroatoms. The standard InChI is InChI=1S/C14H18N8O.C9H5N/c1-2-9-8-16-5-6-21(9)13-18-12(15)22-14(19-13)17-11(20-22)10-4-3-7-23-10;1-2-4-8-6(3-1)7-5-9(7)10-8/h3-4,7,9,16H,2,5-6,8H2,1H3,(H2,15,17,18,19,20);1-5H. The molecule has 2 aliphatic heterocycles. The van der Waals surface area contributed by atoms with E-state index < -0.39 is 0 Å². The molecule has 4 aromatic rings. The lowest BCUT2D eigenvalue weighted by Crippen LogP contribution is -2.51. The van der Waals surface area contributed by atoms with Crippen LogP contribution in [0.3, 0.4) is 0 Å². The van der Waals surface area contributed by atoms with Crippen LogP contribution < -0.4 is 16.0 Å². The Kier molecular flexibility index (Phi) is 4.65. The van der Waals surface area contributed by atoms with Crippen LogP contribution in [-0.2, 0) is 0 Å². The SMILES string of the molecule is CCC1CNCCN1c1nc(N)n2nc(-c3ccco3)nc2n1.c1ccc2c3cc-3nc2c1. The molecule has 0 radical (unpaired) electrons. The molecule has 10 nitrogen and oxygen atoms in total. The van der Waals surface area contributed by atoms with Crippen molar-refractivity contribution < 1.29 is 4.42 Å².